The minimum absolute atomic E-state index is 0.328. The number of piperidine rings is 1. The topological polar surface area (TPSA) is 41.3 Å². The zero-order valence-electron chi connectivity index (χ0n) is 12.0. The van der Waals surface area contributed by atoms with E-state index >= 15 is 0 Å². The molecule has 2 rings (SSSR count). The summed E-state index contributed by atoms with van der Waals surface area (Å²) in [7, 11) is 0. The third kappa shape index (κ3) is 2.93. The van der Waals surface area contributed by atoms with Crippen molar-refractivity contribution in [3.8, 4) is 0 Å². The first kappa shape index (κ1) is 13.6. The average Bonchev–Trinajstić information content (AvgIpc) is 2.70. The fourth-order valence-electron chi connectivity index (χ4n) is 2.96. The second-order valence-electron chi connectivity index (χ2n) is 5.33. The van der Waals surface area contributed by atoms with E-state index in [9.17, 15) is 0 Å². The Morgan fingerprint density at radius 1 is 1.39 bits per heavy atom. The molecule has 1 aromatic heterocycles. The lowest BCUT2D eigenvalue weighted by atomic mass is 10.0. The van der Waals surface area contributed by atoms with Crippen molar-refractivity contribution in [1.29, 1.82) is 0 Å². The van der Waals surface area contributed by atoms with Gasteiger partial charge in [-0.3, -0.25) is 0 Å². The van der Waals surface area contributed by atoms with E-state index < -0.39 is 0 Å². The first-order valence-electron chi connectivity index (χ1n) is 7.03. The summed E-state index contributed by atoms with van der Waals surface area (Å²) in [5, 5.41) is 7.75. The molecule has 0 bridgehead atoms. The molecule has 102 valence electrons. The van der Waals surface area contributed by atoms with Gasteiger partial charge in [-0.2, -0.15) is 0 Å². The Morgan fingerprint density at radius 3 is 2.56 bits per heavy atom. The van der Waals surface area contributed by atoms with Crippen LogP contribution in [0, 0.1) is 13.8 Å². The number of hydrogen-bond acceptors (Lipinski definition) is 4. The molecule has 1 N–H and O–H groups in total. The second kappa shape index (κ2) is 5.85. The molecule has 0 aromatic carbocycles. The number of aryl methyl sites for hydroxylation is 2. The first-order valence-corrected chi connectivity index (χ1v) is 7.03. The lowest BCUT2D eigenvalue weighted by Gasteiger charge is -2.33. The van der Waals surface area contributed by atoms with E-state index in [0.29, 0.717) is 12.1 Å². The van der Waals surface area contributed by atoms with E-state index in [0.717, 1.165) is 11.5 Å². The van der Waals surface area contributed by atoms with Gasteiger partial charge in [0.15, 0.2) is 0 Å². The van der Waals surface area contributed by atoms with Crippen LogP contribution < -0.4 is 5.32 Å². The molecule has 18 heavy (non-hydrogen) atoms. The number of nitrogens with zero attached hydrogens (tertiary/aromatic N) is 2. The normalized spacial score (nSPS) is 20.2. The maximum atomic E-state index is 5.24. The maximum absolute atomic E-state index is 5.24. The molecular formula is C14H25N3O. The van der Waals surface area contributed by atoms with Crippen molar-refractivity contribution in [3.05, 3.63) is 17.0 Å². The number of hydrogen-bond donors (Lipinski definition) is 1. The predicted octanol–water partition coefficient (Wildman–Crippen LogP) is 2.43. The fourth-order valence-corrected chi connectivity index (χ4v) is 2.96. The van der Waals surface area contributed by atoms with E-state index in [2.05, 4.69) is 29.2 Å². The zero-order valence-corrected chi connectivity index (χ0v) is 12.0. The molecule has 1 aromatic rings. The molecule has 1 aliphatic heterocycles. The summed E-state index contributed by atoms with van der Waals surface area (Å²) in [5.41, 5.74) is 2.24. The Bertz CT molecular complexity index is 361. The van der Waals surface area contributed by atoms with Gasteiger partial charge in [-0.1, -0.05) is 12.1 Å². The molecule has 2 heterocycles. The van der Waals surface area contributed by atoms with Gasteiger partial charge in [0.25, 0.3) is 0 Å². The number of rotatable bonds is 4. The van der Waals surface area contributed by atoms with Crippen LogP contribution in [0.25, 0.3) is 0 Å². The molecule has 1 atom stereocenters. The molecule has 1 saturated heterocycles. The minimum atomic E-state index is 0.328. The Balaban J connectivity index is 1.90. The van der Waals surface area contributed by atoms with Crippen molar-refractivity contribution in [2.24, 2.45) is 0 Å². The highest BCUT2D eigenvalue weighted by atomic mass is 16.5. The number of likely N-dealkylation sites (tertiary alicyclic amines) is 1. The molecule has 0 saturated carbocycles. The summed E-state index contributed by atoms with van der Waals surface area (Å²) in [4.78, 5) is 2.51. The van der Waals surface area contributed by atoms with Crippen molar-refractivity contribution in [1.82, 2.24) is 15.4 Å². The molecule has 1 fully saturated rings. The molecule has 0 aliphatic carbocycles. The van der Waals surface area contributed by atoms with Gasteiger partial charge >= 0.3 is 0 Å². The Kier molecular flexibility index (Phi) is 4.40. The highest BCUT2D eigenvalue weighted by Gasteiger charge is 2.22. The molecule has 0 amide bonds. The quantitative estimate of drug-likeness (QED) is 0.892. The lowest BCUT2D eigenvalue weighted by Crippen LogP contribution is -2.43. The number of nitrogens with one attached hydrogen (secondary N) is 1. The summed E-state index contributed by atoms with van der Waals surface area (Å²) in [6.07, 6.45) is 2.48. The van der Waals surface area contributed by atoms with Crippen molar-refractivity contribution in [2.45, 2.75) is 52.6 Å². The minimum Gasteiger partial charge on any atom is -0.361 e. The largest absolute Gasteiger partial charge is 0.361 e. The van der Waals surface area contributed by atoms with Gasteiger partial charge in [0.2, 0.25) is 0 Å². The summed E-state index contributed by atoms with van der Waals surface area (Å²) in [6, 6.07) is 0.950. The van der Waals surface area contributed by atoms with Gasteiger partial charge in [0.05, 0.1) is 5.69 Å². The van der Waals surface area contributed by atoms with E-state index in [-0.39, 0.29) is 0 Å². The van der Waals surface area contributed by atoms with Crippen LogP contribution in [0.5, 0.6) is 0 Å². The van der Waals surface area contributed by atoms with Crippen molar-refractivity contribution in [3.63, 3.8) is 0 Å². The lowest BCUT2D eigenvalue weighted by molar-refractivity contribution is 0.200. The van der Waals surface area contributed by atoms with Crippen molar-refractivity contribution < 1.29 is 4.52 Å². The van der Waals surface area contributed by atoms with Gasteiger partial charge in [-0.25, -0.2) is 0 Å². The Hall–Kier alpha value is -0.870. The fraction of sp³-hybridized carbons (Fsp3) is 0.786. The monoisotopic (exact) mass is 251 g/mol. The van der Waals surface area contributed by atoms with Crippen LogP contribution in [0.4, 0.5) is 0 Å². The predicted molar refractivity (Wildman–Crippen MR) is 72.7 cm³/mol. The van der Waals surface area contributed by atoms with E-state index in [4.69, 9.17) is 4.52 Å². The molecule has 0 spiro atoms. The van der Waals surface area contributed by atoms with Crippen LogP contribution in [-0.2, 0) is 0 Å². The van der Waals surface area contributed by atoms with Crippen LogP contribution in [0.2, 0.25) is 0 Å². The Labute approximate surface area is 110 Å². The Morgan fingerprint density at radius 2 is 2.06 bits per heavy atom. The summed E-state index contributed by atoms with van der Waals surface area (Å²) >= 11 is 0. The summed E-state index contributed by atoms with van der Waals surface area (Å²) < 4.78 is 5.24. The van der Waals surface area contributed by atoms with Crippen LogP contribution in [0.15, 0.2) is 4.52 Å². The van der Waals surface area contributed by atoms with Gasteiger partial charge in [0, 0.05) is 17.6 Å². The standard InChI is InChI=1S/C14H25N3O/c1-5-17-8-6-13(7-9-17)15-10(2)14-11(3)16-18-12(14)4/h10,13,15H,5-9H2,1-4H3. The van der Waals surface area contributed by atoms with E-state index in [1.807, 2.05) is 13.8 Å². The van der Waals surface area contributed by atoms with E-state index in [1.54, 1.807) is 0 Å². The average molecular weight is 251 g/mol. The summed E-state index contributed by atoms with van der Waals surface area (Å²) in [5.74, 6) is 0.943. The molecule has 0 radical (unpaired) electrons. The van der Waals surface area contributed by atoms with Crippen LogP contribution in [0.3, 0.4) is 0 Å². The van der Waals surface area contributed by atoms with E-state index in [1.165, 1.54) is 38.0 Å². The SMILES string of the molecule is CCN1CCC(NC(C)c2c(C)noc2C)CC1. The van der Waals surface area contributed by atoms with Crippen LogP contribution >= 0.6 is 0 Å². The van der Waals surface area contributed by atoms with Crippen LogP contribution in [0.1, 0.15) is 49.7 Å². The molecular weight excluding hydrogens is 226 g/mol. The van der Waals surface area contributed by atoms with Crippen molar-refractivity contribution >= 4 is 0 Å². The third-order valence-corrected chi connectivity index (χ3v) is 4.04. The van der Waals surface area contributed by atoms with Crippen LogP contribution in [-0.4, -0.2) is 35.7 Å². The van der Waals surface area contributed by atoms with Gasteiger partial charge in [-0.05, 0) is 53.2 Å². The highest BCUT2D eigenvalue weighted by Crippen LogP contribution is 2.23. The van der Waals surface area contributed by atoms with Gasteiger partial charge in [-0.15, -0.1) is 0 Å². The van der Waals surface area contributed by atoms with Gasteiger partial charge < -0.3 is 14.7 Å². The van der Waals surface area contributed by atoms with Crippen molar-refractivity contribution in [2.75, 3.05) is 19.6 Å². The zero-order chi connectivity index (χ0) is 13.1. The molecule has 4 nitrogen and oxygen atoms in total. The second-order valence-corrected chi connectivity index (χ2v) is 5.33. The smallest absolute Gasteiger partial charge is 0.138 e. The third-order valence-electron chi connectivity index (χ3n) is 4.04. The summed E-state index contributed by atoms with van der Waals surface area (Å²) in [6.45, 7) is 12.0. The molecule has 1 aliphatic rings. The maximum Gasteiger partial charge on any atom is 0.138 e. The molecule has 1 unspecified atom stereocenters. The van der Waals surface area contributed by atoms with Gasteiger partial charge in [0.1, 0.15) is 5.76 Å². The highest BCUT2D eigenvalue weighted by molar-refractivity contribution is 5.24. The number of aromatic nitrogens is 1. The first-order chi connectivity index (χ1) is 8.61. The molecule has 4 heteroatoms.